The zero-order chi connectivity index (χ0) is 20.1. The Balaban J connectivity index is 1.72. The summed E-state index contributed by atoms with van der Waals surface area (Å²) < 4.78 is 0. The van der Waals surface area contributed by atoms with Crippen LogP contribution in [0, 0.1) is 6.92 Å². The molecule has 0 bridgehead atoms. The van der Waals surface area contributed by atoms with Crippen molar-refractivity contribution in [1.82, 2.24) is 4.90 Å². The summed E-state index contributed by atoms with van der Waals surface area (Å²) in [5, 5.41) is 12.1. The number of nitrogens with zero attached hydrogens (tertiary/aromatic N) is 1. The molecule has 0 aromatic heterocycles. The maximum absolute atomic E-state index is 12.9. The molecule has 146 valence electrons. The lowest BCUT2D eigenvalue weighted by molar-refractivity contribution is -0.116. The molecule has 0 spiro atoms. The van der Waals surface area contributed by atoms with Crippen molar-refractivity contribution in [2.45, 2.75) is 32.6 Å². The first-order chi connectivity index (χ1) is 13.5. The van der Waals surface area contributed by atoms with Crippen molar-refractivity contribution in [3.05, 3.63) is 64.7 Å². The molecule has 1 aliphatic rings. The van der Waals surface area contributed by atoms with E-state index in [4.69, 9.17) is 0 Å². The van der Waals surface area contributed by atoms with Crippen molar-refractivity contribution in [2.24, 2.45) is 0 Å². The van der Waals surface area contributed by atoms with Crippen LogP contribution >= 0.6 is 0 Å². The summed E-state index contributed by atoms with van der Waals surface area (Å²) >= 11 is 0. The second kappa shape index (κ2) is 8.69. The van der Waals surface area contributed by atoms with Gasteiger partial charge in [-0.25, -0.2) is 4.79 Å². The van der Waals surface area contributed by atoms with Crippen molar-refractivity contribution in [2.75, 3.05) is 18.4 Å². The predicted molar refractivity (Wildman–Crippen MR) is 107 cm³/mol. The van der Waals surface area contributed by atoms with Crippen molar-refractivity contribution < 1.29 is 19.5 Å². The fraction of sp³-hybridized carbons (Fsp3) is 0.318. The van der Waals surface area contributed by atoms with Crippen LogP contribution in [0.1, 0.15) is 51.1 Å². The molecule has 1 aliphatic heterocycles. The van der Waals surface area contributed by atoms with Gasteiger partial charge in [0.25, 0.3) is 5.91 Å². The van der Waals surface area contributed by atoms with E-state index in [1.165, 1.54) is 6.07 Å². The van der Waals surface area contributed by atoms with Crippen molar-refractivity contribution in [3.8, 4) is 0 Å². The van der Waals surface area contributed by atoms with Crippen LogP contribution in [0.15, 0.2) is 42.5 Å². The molecule has 1 fully saturated rings. The van der Waals surface area contributed by atoms with E-state index in [9.17, 15) is 19.5 Å². The van der Waals surface area contributed by atoms with Crippen LogP contribution in [0.25, 0.3) is 0 Å². The summed E-state index contributed by atoms with van der Waals surface area (Å²) in [5.41, 5.74) is 2.68. The lowest BCUT2D eigenvalue weighted by Gasteiger charge is -2.19. The first kappa shape index (κ1) is 19.6. The number of amides is 2. The third-order valence-corrected chi connectivity index (χ3v) is 5.02. The molecule has 0 atom stereocenters. The summed E-state index contributed by atoms with van der Waals surface area (Å²) in [6.45, 7) is 3.35. The molecule has 0 saturated carbocycles. The lowest BCUT2D eigenvalue weighted by Crippen LogP contribution is -2.29. The molecule has 6 heteroatoms. The molecule has 28 heavy (non-hydrogen) atoms. The van der Waals surface area contributed by atoms with Gasteiger partial charge in [0.2, 0.25) is 5.91 Å². The molecule has 2 N–H and O–H groups in total. The zero-order valence-electron chi connectivity index (χ0n) is 15.9. The Hall–Kier alpha value is -3.15. The number of likely N-dealkylation sites (tertiary alicyclic amines) is 1. The number of hydrogen-bond donors (Lipinski definition) is 2. The van der Waals surface area contributed by atoms with Crippen molar-refractivity contribution in [1.29, 1.82) is 0 Å². The van der Waals surface area contributed by atoms with E-state index >= 15 is 0 Å². The highest BCUT2D eigenvalue weighted by molar-refractivity contribution is 6.05. The second-order valence-electron chi connectivity index (χ2n) is 7.01. The smallest absolute Gasteiger partial charge is 0.335 e. The number of rotatable bonds is 6. The van der Waals surface area contributed by atoms with E-state index < -0.39 is 5.97 Å². The molecular weight excluding hydrogens is 356 g/mol. The number of carbonyl (C=O) groups is 3. The summed E-state index contributed by atoms with van der Waals surface area (Å²) in [6, 6.07) is 12.1. The number of aromatic carboxylic acids is 1. The van der Waals surface area contributed by atoms with Gasteiger partial charge < -0.3 is 15.3 Å². The first-order valence-electron chi connectivity index (χ1n) is 9.47. The minimum atomic E-state index is -1.01. The van der Waals surface area contributed by atoms with Gasteiger partial charge in [0, 0.05) is 19.5 Å². The van der Waals surface area contributed by atoms with E-state index in [-0.39, 0.29) is 23.8 Å². The number of carboxylic acid groups (broad SMARTS) is 1. The maximum Gasteiger partial charge on any atom is 0.335 e. The molecule has 1 saturated heterocycles. The number of nitrogens with one attached hydrogen (secondary N) is 1. The molecule has 2 aromatic carbocycles. The average molecular weight is 380 g/mol. The zero-order valence-corrected chi connectivity index (χ0v) is 15.9. The Morgan fingerprint density at radius 1 is 1.04 bits per heavy atom. The van der Waals surface area contributed by atoms with Crippen LogP contribution in [0.5, 0.6) is 0 Å². The molecule has 0 radical (unpaired) electrons. The van der Waals surface area contributed by atoms with Gasteiger partial charge in [-0.2, -0.15) is 0 Å². The predicted octanol–water partition coefficient (Wildman–Crippen LogP) is 3.50. The van der Waals surface area contributed by atoms with Gasteiger partial charge in [0.05, 0.1) is 16.8 Å². The van der Waals surface area contributed by atoms with E-state index in [0.29, 0.717) is 23.2 Å². The summed E-state index contributed by atoms with van der Waals surface area (Å²) in [7, 11) is 0. The normalized spacial score (nSPS) is 13.4. The maximum atomic E-state index is 12.9. The molecule has 6 nitrogen and oxygen atoms in total. The molecule has 0 aliphatic carbocycles. The Bertz CT molecular complexity index is 901. The Labute approximate surface area is 164 Å². The number of hydrogen-bond acceptors (Lipinski definition) is 3. The van der Waals surface area contributed by atoms with Crippen LogP contribution in [-0.2, 0) is 11.2 Å². The van der Waals surface area contributed by atoms with Crippen molar-refractivity contribution in [3.63, 3.8) is 0 Å². The molecule has 1 heterocycles. The number of benzene rings is 2. The number of aryl methyl sites for hydroxylation is 2. The minimum absolute atomic E-state index is 0.0536. The quantitative estimate of drug-likeness (QED) is 0.803. The van der Waals surface area contributed by atoms with E-state index in [1.807, 2.05) is 24.0 Å². The fourth-order valence-electron chi connectivity index (χ4n) is 3.54. The van der Waals surface area contributed by atoms with Crippen LogP contribution in [-0.4, -0.2) is 40.9 Å². The van der Waals surface area contributed by atoms with Gasteiger partial charge in [0.1, 0.15) is 0 Å². The first-order valence-corrected chi connectivity index (χ1v) is 9.47. The SMILES string of the molecule is Cc1cccc(NC(=O)CCc2ccccc2C(=O)O)c1C(=O)N1CCCC1. The monoisotopic (exact) mass is 380 g/mol. The van der Waals surface area contributed by atoms with Crippen LogP contribution < -0.4 is 5.32 Å². The van der Waals surface area contributed by atoms with Crippen molar-refractivity contribution >= 4 is 23.5 Å². The average Bonchev–Trinajstić information content (AvgIpc) is 3.21. The highest BCUT2D eigenvalue weighted by Gasteiger charge is 2.24. The third kappa shape index (κ3) is 4.39. The van der Waals surface area contributed by atoms with Gasteiger partial charge in [-0.1, -0.05) is 30.3 Å². The van der Waals surface area contributed by atoms with Crippen LogP contribution in [0.3, 0.4) is 0 Å². The fourth-order valence-corrected chi connectivity index (χ4v) is 3.54. The van der Waals surface area contributed by atoms with Gasteiger partial charge >= 0.3 is 5.97 Å². The minimum Gasteiger partial charge on any atom is -0.478 e. The molecule has 3 rings (SSSR count). The van der Waals surface area contributed by atoms with Gasteiger partial charge in [0.15, 0.2) is 0 Å². The highest BCUT2D eigenvalue weighted by atomic mass is 16.4. The Morgan fingerprint density at radius 3 is 2.46 bits per heavy atom. The van der Waals surface area contributed by atoms with Gasteiger partial charge in [-0.15, -0.1) is 0 Å². The Morgan fingerprint density at radius 2 is 1.75 bits per heavy atom. The van der Waals surface area contributed by atoms with Gasteiger partial charge in [-0.05, 0) is 49.4 Å². The van der Waals surface area contributed by atoms with E-state index in [0.717, 1.165) is 31.5 Å². The highest BCUT2D eigenvalue weighted by Crippen LogP contribution is 2.24. The summed E-state index contributed by atoms with van der Waals surface area (Å²) in [6.07, 6.45) is 2.45. The summed E-state index contributed by atoms with van der Waals surface area (Å²) in [5.74, 6) is -1.31. The van der Waals surface area contributed by atoms with Crippen LogP contribution in [0.4, 0.5) is 5.69 Å². The third-order valence-electron chi connectivity index (χ3n) is 5.02. The topological polar surface area (TPSA) is 86.7 Å². The largest absolute Gasteiger partial charge is 0.478 e. The van der Waals surface area contributed by atoms with Crippen LogP contribution in [0.2, 0.25) is 0 Å². The molecule has 2 amide bonds. The number of carboxylic acids is 1. The molecule has 2 aromatic rings. The van der Waals surface area contributed by atoms with Gasteiger partial charge in [-0.3, -0.25) is 9.59 Å². The number of carbonyl (C=O) groups excluding carboxylic acids is 2. The Kier molecular flexibility index (Phi) is 6.09. The summed E-state index contributed by atoms with van der Waals surface area (Å²) in [4.78, 5) is 38.5. The standard InChI is InChI=1S/C22H24N2O4/c1-15-7-6-10-18(20(15)21(26)24-13-4-5-14-24)23-19(25)12-11-16-8-2-3-9-17(16)22(27)28/h2-3,6-10H,4-5,11-14H2,1H3,(H,23,25)(H,27,28). The molecular formula is C22H24N2O4. The van der Waals surface area contributed by atoms with E-state index in [2.05, 4.69) is 5.32 Å². The second-order valence-corrected chi connectivity index (χ2v) is 7.01. The number of anilines is 1. The molecule has 0 unspecified atom stereocenters. The van der Waals surface area contributed by atoms with E-state index in [1.54, 1.807) is 24.3 Å². The lowest BCUT2D eigenvalue weighted by atomic mass is 10.0.